The lowest BCUT2D eigenvalue weighted by Gasteiger charge is -2.18. The average molecular weight is 359 g/mol. The van der Waals surface area contributed by atoms with E-state index in [1.54, 1.807) is 33.3 Å². The highest BCUT2D eigenvalue weighted by atomic mass is 32.1. The maximum atomic E-state index is 12.6. The van der Waals surface area contributed by atoms with Gasteiger partial charge in [-0.05, 0) is 34.5 Å². The van der Waals surface area contributed by atoms with Crippen LogP contribution in [0.25, 0.3) is 0 Å². The lowest BCUT2D eigenvalue weighted by molar-refractivity contribution is -0.121. The molecule has 0 aliphatic carbocycles. The summed E-state index contributed by atoms with van der Waals surface area (Å²) in [6.45, 7) is 1.79. The number of hydrogen-bond donors (Lipinski definition) is 1. The van der Waals surface area contributed by atoms with Gasteiger partial charge in [-0.1, -0.05) is 0 Å². The molecular formula is C17H17N3O4S. The molecule has 0 atom stereocenters. The number of rotatable bonds is 5. The quantitative estimate of drug-likeness (QED) is 0.887. The van der Waals surface area contributed by atoms with Gasteiger partial charge in [0.1, 0.15) is 6.54 Å². The molecule has 4 rings (SSSR count). The van der Waals surface area contributed by atoms with Gasteiger partial charge in [0.2, 0.25) is 12.7 Å². The van der Waals surface area contributed by atoms with Crippen LogP contribution in [0.4, 0.5) is 10.5 Å². The lowest BCUT2D eigenvalue weighted by Crippen LogP contribution is -2.39. The fraction of sp³-hybridized carbons (Fsp3) is 0.294. The first-order chi connectivity index (χ1) is 12.2. The zero-order chi connectivity index (χ0) is 17.2. The molecule has 1 aromatic heterocycles. The SMILES string of the molecule is O=C(CN1CCN(c2ccc3c(c2)OCO3)C1=O)NCc1ccsc1. The van der Waals surface area contributed by atoms with Crippen LogP contribution in [-0.4, -0.2) is 43.3 Å². The fourth-order valence-electron chi connectivity index (χ4n) is 2.85. The summed E-state index contributed by atoms with van der Waals surface area (Å²) in [6.07, 6.45) is 0. The normalized spacial score (nSPS) is 15.8. The van der Waals surface area contributed by atoms with E-state index in [4.69, 9.17) is 9.47 Å². The van der Waals surface area contributed by atoms with Gasteiger partial charge in [0.25, 0.3) is 0 Å². The molecule has 0 bridgehead atoms. The summed E-state index contributed by atoms with van der Waals surface area (Å²) in [7, 11) is 0. The monoisotopic (exact) mass is 359 g/mol. The van der Waals surface area contributed by atoms with E-state index >= 15 is 0 Å². The van der Waals surface area contributed by atoms with E-state index in [9.17, 15) is 9.59 Å². The van der Waals surface area contributed by atoms with Crippen molar-refractivity contribution >= 4 is 29.0 Å². The number of amides is 3. The van der Waals surface area contributed by atoms with Gasteiger partial charge in [0.15, 0.2) is 11.5 Å². The Balaban J connectivity index is 1.35. The van der Waals surface area contributed by atoms with Gasteiger partial charge in [-0.25, -0.2) is 4.79 Å². The molecule has 1 aromatic carbocycles. The molecule has 0 unspecified atom stereocenters. The summed E-state index contributed by atoms with van der Waals surface area (Å²) in [4.78, 5) is 27.9. The molecule has 0 spiro atoms. The van der Waals surface area contributed by atoms with E-state index in [1.807, 2.05) is 22.9 Å². The molecule has 3 heterocycles. The number of benzene rings is 1. The molecule has 25 heavy (non-hydrogen) atoms. The first kappa shape index (κ1) is 15.8. The van der Waals surface area contributed by atoms with Crippen LogP contribution in [0.2, 0.25) is 0 Å². The van der Waals surface area contributed by atoms with Crippen molar-refractivity contribution in [3.8, 4) is 11.5 Å². The predicted molar refractivity (Wildman–Crippen MR) is 93.0 cm³/mol. The highest BCUT2D eigenvalue weighted by Crippen LogP contribution is 2.36. The maximum absolute atomic E-state index is 12.6. The van der Waals surface area contributed by atoms with Crippen LogP contribution < -0.4 is 19.7 Å². The summed E-state index contributed by atoms with van der Waals surface area (Å²) in [5, 5.41) is 6.80. The number of nitrogens with one attached hydrogen (secondary N) is 1. The van der Waals surface area contributed by atoms with E-state index in [2.05, 4.69) is 5.32 Å². The Bertz CT molecular complexity index is 793. The van der Waals surface area contributed by atoms with E-state index < -0.39 is 0 Å². The van der Waals surface area contributed by atoms with Crippen molar-refractivity contribution in [1.82, 2.24) is 10.2 Å². The van der Waals surface area contributed by atoms with Crippen LogP contribution in [0.3, 0.4) is 0 Å². The molecule has 1 saturated heterocycles. The highest BCUT2D eigenvalue weighted by Gasteiger charge is 2.31. The second-order valence-corrected chi connectivity index (χ2v) is 6.58. The number of hydrogen-bond acceptors (Lipinski definition) is 5. The number of ether oxygens (including phenoxy) is 2. The highest BCUT2D eigenvalue weighted by molar-refractivity contribution is 7.07. The standard InChI is InChI=1S/C17H17N3O4S/c21-16(18-8-12-3-6-25-10-12)9-19-4-5-20(17(19)22)13-1-2-14-15(7-13)24-11-23-14/h1-3,6-7,10H,4-5,8-9,11H2,(H,18,21). The van der Waals surface area contributed by atoms with Crippen molar-refractivity contribution in [3.63, 3.8) is 0 Å². The second kappa shape index (κ2) is 6.64. The minimum atomic E-state index is -0.176. The van der Waals surface area contributed by atoms with Crippen molar-refractivity contribution in [1.29, 1.82) is 0 Å². The third-order valence-corrected chi connectivity index (χ3v) is 4.90. The van der Waals surface area contributed by atoms with Crippen LogP contribution in [0.15, 0.2) is 35.0 Å². The lowest BCUT2D eigenvalue weighted by atomic mass is 10.2. The average Bonchev–Trinajstić information content (AvgIpc) is 3.34. The van der Waals surface area contributed by atoms with Crippen molar-refractivity contribution in [2.45, 2.75) is 6.54 Å². The van der Waals surface area contributed by atoms with Gasteiger partial charge in [0, 0.05) is 31.4 Å². The van der Waals surface area contributed by atoms with Crippen molar-refractivity contribution in [2.75, 3.05) is 31.3 Å². The largest absolute Gasteiger partial charge is 0.454 e. The third-order valence-electron chi connectivity index (χ3n) is 4.17. The summed E-state index contributed by atoms with van der Waals surface area (Å²) in [5.41, 5.74) is 1.81. The molecule has 2 aromatic rings. The van der Waals surface area contributed by atoms with Gasteiger partial charge >= 0.3 is 6.03 Å². The summed E-state index contributed by atoms with van der Waals surface area (Å²) >= 11 is 1.59. The maximum Gasteiger partial charge on any atom is 0.325 e. The van der Waals surface area contributed by atoms with Gasteiger partial charge in [0.05, 0.1) is 0 Å². The van der Waals surface area contributed by atoms with Crippen molar-refractivity contribution in [3.05, 3.63) is 40.6 Å². The number of anilines is 1. The predicted octanol–water partition coefficient (Wildman–Crippen LogP) is 2.04. The minimum Gasteiger partial charge on any atom is -0.454 e. The van der Waals surface area contributed by atoms with Crippen LogP contribution in [0.5, 0.6) is 11.5 Å². The molecule has 1 fully saturated rings. The van der Waals surface area contributed by atoms with E-state index in [0.717, 1.165) is 11.3 Å². The summed E-state index contributed by atoms with van der Waals surface area (Å²) < 4.78 is 10.6. The number of fused-ring (bicyclic) bond motifs is 1. The van der Waals surface area contributed by atoms with Crippen LogP contribution in [0, 0.1) is 0 Å². The second-order valence-electron chi connectivity index (χ2n) is 5.80. The number of nitrogens with zero attached hydrogens (tertiary/aromatic N) is 2. The molecule has 1 N–H and O–H groups in total. The smallest absolute Gasteiger partial charge is 0.325 e. The molecule has 7 nitrogen and oxygen atoms in total. The van der Waals surface area contributed by atoms with Crippen LogP contribution >= 0.6 is 11.3 Å². The fourth-order valence-corrected chi connectivity index (χ4v) is 3.51. The number of urea groups is 1. The Kier molecular flexibility index (Phi) is 4.19. The Morgan fingerprint density at radius 1 is 1.20 bits per heavy atom. The first-order valence-electron chi connectivity index (χ1n) is 7.94. The van der Waals surface area contributed by atoms with Crippen molar-refractivity contribution < 1.29 is 19.1 Å². The van der Waals surface area contributed by atoms with E-state index in [0.29, 0.717) is 31.1 Å². The van der Waals surface area contributed by atoms with Gasteiger partial charge < -0.3 is 19.7 Å². The summed E-state index contributed by atoms with van der Waals surface area (Å²) in [6, 6.07) is 7.20. The number of carbonyl (C=O) groups is 2. The van der Waals surface area contributed by atoms with E-state index in [1.165, 1.54) is 0 Å². The molecule has 3 amide bonds. The third kappa shape index (κ3) is 3.25. The van der Waals surface area contributed by atoms with E-state index in [-0.39, 0.29) is 25.3 Å². The van der Waals surface area contributed by atoms with Crippen LogP contribution in [-0.2, 0) is 11.3 Å². The Hall–Kier alpha value is -2.74. The zero-order valence-electron chi connectivity index (χ0n) is 13.4. The van der Waals surface area contributed by atoms with Crippen molar-refractivity contribution in [2.24, 2.45) is 0 Å². The molecular weight excluding hydrogens is 342 g/mol. The Labute approximate surface area is 148 Å². The van der Waals surface area contributed by atoms with Crippen LogP contribution in [0.1, 0.15) is 5.56 Å². The molecule has 0 radical (unpaired) electrons. The number of carbonyl (C=O) groups excluding carboxylic acids is 2. The molecule has 130 valence electrons. The molecule has 8 heteroatoms. The first-order valence-corrected chi connectivity index (χ1v) is 8.89. The van der Waals surface area contributed by atoms with Gasteiger partial charge in [-0.15, -0.1) is 0 Å². The molecule has 2 aliphatic heterocycles. The Morgan fingerprint density at radius 3 is 2.92 bits per heavy atom. The zero-order valence-corrected chi connectivity index (χ0v) is 14.3. The molecule has 2 aliphatic rings. The van der Waals surface area contributed by atoms with Gasteiger partial charge in [-0.2, -0.15) is 11.3 Å². The number of thiophene rings is 1. The topological polar surface area (TPSA) is 71.1 Å². The summed E-state index contributed by atoms with van der Waals surface area (Å²) in [5.74, 6) is 1.16. The van der Waals surface area contributed by atoms with Gasteiger partial charge in [-0.3, -0.25) is 9.69 Å². The molecule has 0 saturated carbocycles. The Morgan fingerprint density at radius 2 is 2.08 bits per heavy atom. The minimum absolute atomic E-state index is 0.0595.